The fourth-order valence-electron chi connectivity index (χ4n) is 1.74. The number of aryl methyl sites for hydroxylation is 1. The van der Waals surface area contributed by atoms with E-state index < -0.39 is 5.91 Å². The Labute approximate surface area is 115 Å². The molecule has 2 aromatic rings. The largest absolute Gasteiger partial charge is 0.399 e. The Bertz CT molecular complexity index is 663. The van der Waals surface area contributed by atoms with Crippen molar-refractivity contribution in [1.82, 2.24) is 9.78 Å². The molecule has 1 aromatic carbocycles. The molecule has 0 radical (unpaired) electrons. The topological polar surface area (TPSA) is 116 Å². The van der Waals surface area contributed by atoms with Gasteiger partial charge in [-0.3, -0.25) is 14.3 Å². The number of aromatic nitrogens is 2. The third-order valence-electron chi connectivity index (χ3n) is 2.75. The summed E-state index contributed by atoms with van der Waals surface area (Å²) >= 11 is 0. The van der Waals surface area contributed by atoms with E-state index in [1.54, 1.807) is 18.2 Å². The van der Waals surface area contributed by atoms with E-state index in [4.69, 9.17) is 11.5 Å². The van der Waals surface area contributed by atoms with Crippen molar-refractivity contribution in [3.05, 3.63) is 41.7 Å². The predicted molar refractivity (Wildman–Crippen MR) is 75.0 cm³/mol. The number of nitrogens with two attached hydrogens (primary N) is 2. The molecule has 0 saturated carbocycles. The minimum Gasteiger partial charge on any atom is -0.399 e. The van der Waals surface area contributed by atoms with Gasteiger partial charge >= 0.3 is 0 Å². The number of carbonyl (C=O) groups excluding carboxylic acids is 2. The predicted octanol–water partition coefficient (Wildman–Crippen LogP) is 0.511. The molecule has 0 aliphatic heterocycles. The molecule has 0 unspecified atom stereocenters. The van der Waals surface area contributed by atoms with Crippen LogP contribution in [0.25, 0.3) is 0 Å². The summed E-state index contributed by atoms with van der Waals surface area (Å²) in [6.45, 7) is 1.85. The van der Waals surface area contributed by atoms with Gasteiger partial charge in [-0.15, -0.1) is 0 Å². The molecular formula is C13H15N5O2. The van der Waals surface area contributed by atoms with Crippen LogP contribution in [0.15, 0.2) is 30.6 Å². The highest BCUT2D eigenvalue weighted by Crippen LogP contribution is 2.17. The van der Waals surface area contributed by atoms with Crippen molar-refractivity contribution in [2.45, 2.75) is 13.5 Å². The number of primary amides is 1. The van der Waals surface area contributed by atoms with Gasteiger partial charge in [-0.05, 0) is 30.7 Å². The third-order valence-corrected chi connectivity index (χ3v) is 2.75. The van der Waals surface area contributed by atoms with E-state index in [1.165, 1.54) is 17.1 Å². The summed E-state index contributed by atoms with van der Waals surface area (Å²) in [4.78, 5) is 22.8. The first-order valence-electron chi connectivity index (χ1n) is 5.94. The van der Waals surface area contributed by atoms with E-state index in [2.05, 4.69) is 10.4 Å². The molecule has 2 amide bonds. The molecule has 2 rings (SSSR count). The Morgan fingerprint density at radius 2 is 2.15 bits per heavy atom. The highest BCUT2D eigenvalue weighted by molar-refractivity contribution is 5.93. The van der Waals surface area contributed by atoms with Gasteiger partial charge in [0.1, 0.15) is 6.54 Å². The van der Waals surface area contributed by atoms with E-state index in [-0.39, 0.29) is 18.0 Å². The molecular weight excluding hydrogens is 258 g/mol. The molecule has 0 spiro atoms. The van der Waals surface area contributed by atoms with Gasteiger partial charge < -0.3 is 16.8 Å². The number of amides is 2. The zero-order chi connectivity index (χ0) is 14.7. The van der Waals surface area contributed by atoms with Gasteiger partial charge in [-0.1, -0.05) is 0 Å². The molecule has 0 bridgehead atoms. The molecule has 0 fully saturated rings. The molecule has 1 heterocycles. The zero-order valence-corrected chi connectivity index (χ0v) is 11.0. The van der Waals surface area contributed by atoms with Crippen molar-refractivity contribution < 1.29 is 9.59 Å². The van der Waals surface area contributed by atoms with Crippen LogP contribution in [0.4, 0.5) is 11.4 Å². The van der Waals surface area contributed by atoms with Gasteiger partial charge in [0, 0.05) is 17.6 Å². The van der Waals surface area contributed by atoms with E-state index in [9.17, 15) is 9.59 Å². The number of nitrogens with zero attached hydrogens (tertiary/aromatic N) is 2. The lowest BCUT2D eigenvalue weighted by Gasteiger charge is -2.09. The minimum absolute atomic E-state index is 0.00288. The van der Waals surface area contributed by atoms with Crippen LogP contribution >= 0.6 is 0 Å². The van der Waals surface area contributed by atoms with Crippen LogP contribution in [0, 0.1) is 6.92 Å². The summed E-state index contributed by atoms with van der Waals surface area (Å²) < 4.78 is 1.35. The maximum atomic E-state index is 11.9. The summed E-state index contributed by atoms with van der Waals surface area (Å²) in [7, 11) is 0. The third kappa shape index (κ3) is 3.14. The van der Waals surface area contributed by atoms with Gasteiger partial charge in [0.05, 0.1) is 11.8 Å². The fourth-order valence-corrected chi connectivity index (χ4v) is 1.74. The standard InChI is InChI=1S/C13H15N5O2/c1-8-4-10(14)2-3-11(8)17-12(19)7-18-6-9(5-16-18)13(15)20/h2-6H,7,14H2,1H3,(H2,15,20)(H,17,19). The summed E-state index contributed by atoms with van der Waals surface area (Å²) in [6.07, 6.45) is 2.75. The van der Waals surface area contributed by atoms with E-state index >= 15 is 0 Å². The molecule has 0 atom stereocenters. The van der Waals surface area contributed by atoms with Crippen molar-refractivity contribution >= 4 is 23.2 Å². The number of anilines is 2. The number of nitrogens with one attached hydrogen (secondary N) is 1. The van der Waals surface area contributed by atoms with Crippen molar-refractivity contribution in [2.24, 2.45) is 5.73 Å². The molecule has 5 N–H and O–H groups in total. The number of carbonyl (C=O) groups is 2. The Hall–Kier alpha value is -2.83. The summed E-state index contributed by atoms with van der Waals surface area (Å²) in [5.41, 5.74) is 13.2. The van der Waals surface area contributed by atoms with Gasteiger partial charge in [0.25, 0.3) is 5.91 Å². The number of benzene rings is 1. The minimum atomic E-state index is -0.578. The second kappa shape index (κ2) is 5.43. The number of hydrogen-bond donors (Lipinski definition) is 3. The molecule has 0 saturated heterocycles. The molecule has 0 aliphatic rings. The normalized spacial score (nSPS) is 10.2. The van der Waals surface area contributed by atoms with Crippen LogP contribution in [0.1, 0.15) is 15.9 Å². The maximum absolute atomic E-state index is 11.9. The zero-order valence-electron chi connectivity index (χ0n) is 11.0. The Balaban J connectivity index is 2.03. The highest BCUT2D eigenvalue weighted by atomic mass is 16.2. The van der Waals surface area contributed by atoms with Crippen molar-refractivity contribution in [2.75, 3.05) is 11.1 Å². The lowest BCUT2D eigenvalue weighted by Crippen LogP contribution is -2.19. The molecule has 1 aromatic heterocycles. The molecule has 7 heteroatoms. The molecule has 7 nitrogen and oxygen atoms in total. The van der Waals surface area contributed by atoms with Crippen LogP contribution in [-0.2, 0) is 11.3 Å². The lowest BCUT2D eigenvalue weighted by atomic mass is 10.2. The summed E-state index contributed by atoms with van der Waals surface area (Å²) in [5.74, 6) is -0.831. The first-order chi connectivity index (χ1) is 9.45. The Morgan fingerprint density at radius 1 is 1.40 bits per heavy atom. The lowest BCUT2D eigenvalue weighted by molar-refractivity contribution is -0.116. The molecule has 104 valence electrons. The van der Waals surface area contributed by atoms with Gasteiger partial charge in [-0.25, -0.2) is 0 Å². The Kier molecular flexibility index (Phi) is 3.69. The van der Waals surface area contributed by atoms with Crippen LogP contribution in [-0.4, -0.2) is 21.6 Å². The van der Waals surface area contributed by atoms with Crippen LogP contribution in [0.5, 0.6) is 0 Å². The van der Waals surface area contributed by atoms with Crippen molar-refractivity contribution in [3.63, 3.8) is 0 Å². The SMILES string of the molecule is Cc1cc(N)ccc1NC(=O)Cn1cc(C(N)=O)cn1. The van der Waals surface area contributed by atoms with Gasteiger partial charge in [0.15, 0.2) is 0 Å². The highest BCUT2D eigenvalue weighted by Gasteiger charge is 2.09. The smallest absolute Gasteiger partial charge is 0.251 e. The number of rotatable bonds is 4. The molecule has 0 aliphatic carbocycles. The number of hydrogen-bond acceptors (Lipinski definition) is 4. The summed E-state index contributed by atoms with van der Waals surface area (Å²) in [5, 5.41) is 6.64. The molecule has 20 heavy (non-hydrogen) atoms. The quantitative estimate of drug-likeness (QED) is 0.704. The van der Waals surface area contributed by atoms with E-state index in [1.807, 2.05) is 6.92 Å². The van der Waals surface area contributed by atoms with Crippen LogP contribution in [0.2, 0.25) is 0 Å². The maximum Gasteiger partial charge on any atom is 0.251 e. The first kappa shape index (κ1) is 13.6. The average molecular weight is 273 g/mol. The monoisotopic (exact) mass is 273 g/mol. The second-order valence-corrected chi connectivity index (χ2v) is 4.41. The van der Waals surface area contributed by atoms with E-state index in [0.717, 1.165) is 5.56 Å². The summed E-state index contributed by atoms with van der Waals surface area (Å²) in [6, 6.07) is 5.22. The van der Waals surface area contributed by atoms with Gasteiger partial charge in [-0.2, -0.15) is 5.10 Å². The van der Waals surface area contributed by atoms with Crippen LogP contribution in [0.3, 0.4) is 0 Å². The van der Waals surface area contributed by atoms with Gasteiger partial charge in [0.2, 0.25) is 5.91 Å². The van der Waals surface area contributed by atoms with Crippen molar-refractivity contribution in [1.29, 1.82) is 0 Å². The average Bonchev–Trinajstić information content (AvgIpc) is 2.81. The first-order valence-corrected chi connectivity index (χ1v) is 5.94. The fraction of sp³-hybridized carbons (Fsp3) is 0.154. The second-order valence-electron chi connectivity index (χ2n) is 4.41. The van der Waals surface area contributed by atoms with Crippen LogP contribution < -0.4 is 16.8 Å². The number of nitrogen functional groups attached to an aromatic ring is 1. The van der Waals surface area contributed by atoms with Crippen molar-refractivity contribution in [3.8, 4) is 0 Å². The Morgan fingerprint density at radius 3 is 2.75 bits per heavy atom. The van der Waals surface area contributed by atoms with E-state index in [0.29, 0.717) is 11.4 Å².